The second-order valence-corrected chi connectivity index (χ2v) is 7.14. The van der Waals surface area contributed by atoms with Crippen molar-refractivity contribution in [3.8, 4) is 0 Å². The Morgan fingerprint density at radius 1 is 1.22 bits per heavy atom. The second-order valence-electron chi connectivity index (χ2n) is 7.14. The smallest absolute Gasteiger partial charge is 0.225 e. The van der Waals surface area contributed by atoms with Gasteiger partial charge in [-0.3, -0.25) is 9.78 Å². The third kappa shape index (κ3) is 3.77. The van der Waals surface area contributed by atoms with Crippen LogP contribution in [0.2, 0.25) is 0 Å². The summed E-state index contributed by atoms with van der Waals surface area (Å²) < 4.78 is 2.00. The van der Waals surface area contributed by atoms with E-state index in [1.807, 2.05) is 36.1 Å². The number of aromatic nitrogens is 3. The van der Waals surface area contributed by atoms with E-state index in [2.05, 4.69) is 39.7 Å². The standard InChI is InChI=1S/C22H24N4O/c1-16-14-24-26(20-10-4-8-18-7-2-3-9-19(18)20)22(16)25-21(27)12-11-17-6-5-13-23-15-17/h2-3,5-7,9,13-15,20H,4,8,10-12H2,1H3,(H,25,27). The number of anilines is 1. The van der Waals surface area contributed by atoms with Gasteiger partial charge in [0.15, 0.2) is 0 Å². The van der Waals surface area contributed by atoms with E-state index in [0.717, 1.165) is 36.2 Å². The third-order valence-electron chi connectivity index (χ3n) is 5.23. The van der Waals surface area contributed by atoms with Crippen molar-refractivity contribution in [1.29, 1.82) is 0 Å². The summed E-state index contributed by atoms with van der Waals surface area (Å²) in [5.74, 6) is 0.820. The van der Waals surface area contributed by atoms with E-state index < -0.39 is 0 Å². The summed E-state index contributed by atoms with van der Waals surface area (Å²) in [4.78, 5) is 16.6. The van der Waals surface area contributed by atoms with E-state index in [-0.39, 0.29) is 11.9 Å². The maximum atomic E-state index is 12.5. The molecule has 5 nitrogen and oxygen atoms in total. The molecular formula is C22H24N4O. The van der Waals surface area contributed by atoms with Gasteiger partial charge in [0.2, 0.25) is 5.91 Å². The molecule has 0 saturated heterocycles. The zero-order valence-electron chi connectivity index (χ0n) is 15.6. The SMILES string of the molecule is Cc1cnn(C2CCCc3ccccc32)c1NC(=O)CCc1cccnc1. The van der Waals surface area contributed by atoms with E-state index in [1.165, 1.54) is 11.1 Å². The van der Waals surface area contributed by atoms with Gasteiger partial charge in [-0.15, -0.1) is 0 Å². The summed E-state index contributed by atoms with van der Waals surface area (Å²) in [5, 5.41) is 7.70. The largest absolute Gasteiger partial charge is 0.311 e. The zero-order chi connectivity index (χ0) is 18.6. The Bertz CT molecular complexity index is 932. The average Bonchev–Trinajstić information content (AvgIpc) is 3.07. The molecule has 0 spiro atoms. The van der Waals surface area contributed by atoms with Gasteiger partial charge < -0.3 is 5.32 Å². The van der Waals surface area contributed by atoms with Crippen LogP contribution in [0.1, 0.15) is 47.6 Å². The van der Waals surface area contributed by atoms with Crippen LogP contribution < -0.4 is 5.32 Å². The lowest BCUT2D eigenvalue weighted by Crippen LogP contribution is -2.22. The van der Waals surface area contributed by atoms with E-state index >= 15 is 0 Å². The number of rotatable bonds is 5. The van der Waals surface area contributed by atoms with Crippen molar-refractivity contribution in [1.82, 2.24) is 14.8 Å². The first-order valence-corrected chi connectivity index (χ1v) is 9.53. The lowest BCUT2D eigenvalue weighted by atomic mass is 9.88. The highest BCUT2D eigenvalue weighted by atomic mass is 16.1. The molecule has 0 radical (unpaired) electrons. The molecule has 5 heteroatoms. The minimum atomic E-state index is 0.00722. The monoisotopic (exact) mass is 360 g/mol. The van der Waals surface area contributed by atoms with E-state index in [9.17, 15) is 4.79 Å². The lowest BCUT2D eigenvalue weighted by Gasteiger charge is -2.27. The predicted molar refractivity (Wildman–Crippen MR) is 106 cm³/mol. The number of fused-ring (bicyclic) bond motifs is 1. The normalized spacial score (nSPS) is 16.0. The van der Waals surface area contributed by atoms with E-state index in [0.29, 0.717) is 12.8 Å². The van der Waals surface area contributed by atoms with Crippen molar-refractivity contribution in [2.45, 2.75) is 45.1 Å². The fraction of sp³-hybridized carbons (Fsp3) is 0.318. The molecule has 1 aromatic carbocycles. The number of benzene rings is 1. The summed E-state index contributed by atoms with van der Waals surface area (Å²) in [6.45, 7) is 2.00. The third-order valence-corrected chi connectivity index (χ3v) is 5.23. The van der Waals surface area contributed by atoms with Crippen LogP contribution in [0.4, 0.5) is 5.82 Å². The maximum absolute atomic E-state index is 12.5. The van der Waals surface area contributed by atoms with Crippen LogP contribution in [-0.2, 0) is 17.6 Å². The molecule has 0 saturated carbocycles. The molecule has 1 atom stereocenters. The molecule has 0 fully saturated rings. The van der Waals surface area contributed by atoms with Gasteiger partial charge in [-0.05, 0) is 55.4 Å². The van der Waals surface area contributed by atoms with Crippen LogP contribution in [0.15, 0.2) is 55.0 Å². The number of nitrogens with zero attached hydrogens (tertiary/aromatic N) is 3. The van der Waals surface area contributed by atoms with Crippen molar-refractivity contribution in [2.24, 2.45) is 0 Å². The fourth-order valence-corrected chi connectivity index (χ4v) is 3.82. The van der Waals surface area contributed by atoms with Crippen LogP contribution in [0.5, 0.6) is 0 Å². The molecule has 0 bridgehead atoms. The number of amides is 1. The molecule has 2 aromatic heterocycles. The molecule has 1 aliphatic rings. The topological polar surface area (TPSA) is 59.8 Å². The molecule has 0 aliphatic heterocycles. The van der Waals surface area contributed by atoms with Crippen molar-refractivity contribution in [3.63, 3.8) is 0 Å². The number of pyridine rings is 1. The average molecular weight is 360 g/mol. The first kappa shape index (κ1) is 17.5. The number of nitrogens with one attached hydrogen (secondary N) is 1. The summed E-state index contributed by atoms with van der Waals surface area (Å²) in [5.41, 5.74) is 4.76. The first-order chi connectivity index (χ1) is 13.2. The first-order valence-electron chi connectivity index (χ1n) is 9.53. The number of carbonyl (C=O) groups excluding carboxylic acids is 1. The Balaban J connectivity index is 1.52. The summed E-state index contributed by atoms with van der Waals surface area (Å²) in [6, 6.07) is 12.6. The van der Waals surface area contributed by atoms with Crippen LogP contribution in [-0.4, -0.2) is 20.7 Å². The number of carbonyl (C=O) groups is 1. The molecule has 1 amide bonds. The minimum Gasteiger partial charge on any atom is -0.311 e. The summed E-state index contributed by atoms with van der Waals surface area (Å²) >= 11 is 0. The Labute approximate surface area is 159 Å². The molecule has 27 heavy (non-hydrogen) atoms. The Hall–Kier alpha value is -2.95. The molecule has 4 rings (SSSR count). The fourth-order valence-electron chi connectivity index (χ4n) is 3.82. The zero-order valence-corrected chi connectivity index (χ0v) is 15.6. The maximum Gasteiger partial charge on any atom is 0.225 e. The summed E-state index contributed by atoms with van der Waals surface area (Å²) in [7, 11) is 0. The van der Waals surface area contributed by atoms with Crippen molar-refractivity contribution >= 4 is 11.7 Å². The number of hydrogen-bond donors (Lipinski definition) is 1. The van der Waals surface area contributed by atoms with Gasteiger partial charge in [0.25, 0.3) is 0 Å². The van der Waals surface area contributed by atoms with Gasteiger partial charge in [-0.2, -0.15) is 5.10 Å². The highest BCUT2D eigenvalue weighted by Crippen LogP contribution is 2.35. The molecule has 2 heterocycles. The molecule has 1 aliphatic carbocycles. The van der Waals surface area contributed by atoms with Gasteiger partial charge in [-0.25, -0.2) is 4.68 Å². The quantitative estimate of drug-likeness (QED) is 0.746. The van der Waals surface area contributed by atoms with Gasteiger partial charge in [0.1, 0.15) is 5.82 Å². The van der Waals surface area contributed by atoms with Gasteiger partial charge in [0, 0.05) is 24.4 Å². The molecule has 1 N–H and O–H groups in total. The minimum absolute atomic E-state index is 0.00722. The van der Waals surface area contributed by atoms with Crippen LogP contribution in [0, 0.1) is 6.92 Å². The predicted octanol–water partition coefficient (Wildman–Crippen LogP) is 4.08. The lowest BCUT2D eigenvalue weighted by molar-refractivity contribution is -0.116. The Kier molecular flexibility index (Phi) is 5.01. The molecule has 3 aromatic rings. The summed E-state index contributed by atoms with van der Waals surface area (Å²) in [6.07, 6.45) is 9.78. The number of aryl methyl sites for hydroxylation is 3. The van der Waals surface area contributed by atoms with Crippen molar-refractivity contribution in [3.05, 3.63) is 77.2 Å². The molecule has 138 valence electrons. The van der Waals surface area contributed by atoms with E-state index in [1.54, 1.807) is 6.20 Å². The molecule has 1 unspecified atom stereocenters. The van der Waals surface area contributed by atoms with Crippen molar-refractivity contribution < 1.29 is 4.79 Å². The van der Waals surface area contributed by atoms with Crippen LogP contribution in [0.3, 0.4) is 0 Å². The van der Waals surface area contributed by atoms with Gasteiger partial charge in [0.05, 0.1) is 12.2 Å². The van der Waals surface area contributed by atoms with Crippen LogP contribution >= 0.6 is 0 Å². The number of hydrogen-bond acceptors (Lipinski definition) is 3. The second kappa shape index (κ2) is 7.74. The van der Waals surface area contributed by atoms with Crippen molar-refractivity contribution in [2.75, 3.05) is 5.32 Å². The molecular weight excluding hydrogens is 336 g/mol. The van der Waals surface area contributed by atoms with Gasteiger partial charge >= 0.3 is 0 Å². The van der Waals surface area contributed by atoms with Crippen LogP contribution in [0.25, 0.3) is 0 Å². The Morgan fingerprint density at radius 2 is 2.11 bits per heavy atom. The Morgan fingerprint density at radius 3 is 2.96 bits per heavy atom. The van der Waals surface area contributed by atoms with E-state index in [4.69, 9.17) is 0 Å². The highest BCUT2D eigenvalue weighted by Gasteiger charge is 2.25. The highest BCUT2D eigenvalue weighted by molar-refractivity contribution is 5.90. The van der Waals surface area contributed by atoms with Gasteiger partial charge in [-0.1, -0.05) is 30.3 Å².